The van der Waals surface area contributed by atoms with E-state index in [-0.39, 0.29) is 0 Å². The summed E-state index contributed by atoms with van der Waals surface area (Å²) in [6, 6.07) is 13.0. The van der Waals surface area contributed by atoms with Crippen LogP contribution >= 0.6 is 0 Å². The molecule has 18 heavy (non-hydrogen) atoms. The molecular formula is C16H15NO. The number of para-hydroxylation sites is 1. The number of hydrogen-bond acceptors (Lipinski definition) is 2. The van der Waals surface area contributed by atoms with Crippen molar-refractivity contribution in [3.63, 3.8) is 0 Å². The predicted molar refractivity (Wildman–Crippen MR) is 73.3 cm³/mol. The number of benzene rings is 2. The Bertz CT molecular complexity index is 563. The summed E-state index contributed by atoms with van der Waals surface area (Å²) < 4.78 is 5.82. The van der Waals surface area contributed by atoms with Gasteiger partial charge in [-0.15, -0.1) is 0 Å². The van der Waals surface area contributed by atoms with Gasteiger partial charge in [-0.05, 0) is 29.2 Å². The molecule has 0 amide bonds. The fourth-order valence-corrected chi connectivity index (χ4v) is 3.02. The van der Waals surface area contributed by atoms with Crippen molar-refractivity contribution < 1.29 is 4.74 Å². The third-order valence-corrected chi connectivity index (χ3v) is 3.87. The molecule has 90 valence electrons. The zero-order valence-corrected chi connectivity index (χ0v) is 10.2. The highest BCUT2D eigenvalue weighted by molar-refractivity contribution is 5.80. The SMILES string of the molecule is c1cc2c(c(-c3cccc4c3OCC4)c1)CCN2. The molecule has 2 aromatic rings. The summed E-state index contributed by atoms with van der Waals surface area (Å²) in [5.41, 5.74) is 6.64. The highest BCUT2D eigenvalue weighted by Gasteiger charge is 2.21. The fraction of sp³-hybridized carbons (Fsp3) is 0.250. The molecule has 2 heterocycles. The van der Waals surface area contributed by atoms with Crippen molar-refractivity contribution in [2.45, 2.75) is 12.8 Å². The van der Waals surface area contributed by atoms with Crippen molar-refractivity contribution in [3.05, 3.63) is 47.5 Å². The van der Waals surface area contributed by atoms with Crippen LogP contribution in [0, 0.1) is 0 Å². The molecule has 0 saturated heterocycles. The summed E-state index contributed by atoms with van der Waals surface area (Å²) >= 11 is 0. The number of rotatable bonds is 1. The van der Waals surface area contributed by atoms with Gasteiger partial charge in [0.25, 0.3) is 0 Å². The van der Waals surface area contributed by atoms with E-state index in [9.17, 15) is 0 Å². The van der Waals surface area contributed by atoms with Crippen molar-refractivity contribution in [2.24, 2.45) is 0 Å². The number of hydrogen-bond donors (Lipinski definition) is 1. The fourth-order valence-electron chi connectivity index (χ4n) is 3.02. The van der Waals surface area contributed by atoms with Crippen molar-refractivity contribution in [1.29, 1.82) is 0 Å². The summed E-state index contributed by atoms with van der Waals surface area (Å²) in [4.78, 5) is 0. The molecule has 2 heteroatoms. The van der Waals surface area contributed by atoms with E-state index in [0.29, 0.717) is 0 Å². The van der Waals surface area contributed by atoms with Crippen LogP contribution in [0.15, 0.2) is 36.4 Å². The van der Waals surface area contributed by atoms with Crippen molar-refractivity contribution in [3.8, 4) is 16.9 Å². The van der Waals surface area contributed by atoms with Crippen LogP contribution in [0.3, 0.4) is 0 Å². The van der Waals surface area contributed by atoms with Crippen molar-refractivity contribution in [1.82, 2.24) is 0 Å². The Balaban J connectivity index is 1.95. The standard InChI is InChI=1S/C16H15NO/c1-3-11-8-10-18-16(11)14(5-1)12-4-2-6-15-13(12)7-9-17-15/h1-6,17H,7-10H2. The van der Waals surface area contributed by atoms with Crippen LogP contribution < -0.4 is 10.1 Å². The second kappa shape index (κ2) is 3.77. The Morgan fingerprint density at radius 2 is 1.83 bits per heavy atom. The van der Waals surface area contributed by atoms with Gasteiger partial charge in [-0.2, -0.15) is 0 Å². The summed E-state index contributed by atoms with van der Waals surface area (Å²) in [5, 5.41) is 3.44. The lowest BCUT2D eigenvalue weighted by Gasteiger charge is -2.11. The first kappa shape index (κ1) is 10.0. The number of nitrogens with one attached hydrogen (secondary N) is 1. The van der Waals surface area contributed by atoms with E-state index in [1.807, 2.05) is 0 Å². The maximum Gasteiger partial charge on any atom is 0.130 e. The molecule has 0 spiro atoms. The minimum absolute atomic E-state index is 0.819. The van der Waals surface area contributed by atoms with Crippen LogP contribution in [0.4, 0.5) is 5.69 Å². The first-order chi connectivity index (χ1) is 8.93. The molecule has 2 aliphatic heterocycles. The summed E-state index contributed by atoms with van der Waals surface area (Å²) in [7, 11) is 0. The van der Waals surface area contributed by atoms with E-state index in [1.165, 1.54) is 27.9 Å². The molecule has 2 aromatic carbocycles. The second-order valence-electron chi connectivity index (χ2n) is 4.90. The Kier molecular flexibility index (Phi) is 2.10. The van der Waals surface area contributed by atoms with Gasteiger partial charge in [0.15, 0.2) is 0 Å². The van der Waals surface area contributed by atoms with E-state index in [2.05, 4.69) is 41.7 Å². The van der Waals surface area contributed by atoms with Gasteiger partial charge in [0, 0.05) is 24.2 Å². The van der Waals surface area contributed by atoms with Gasteiger partial charge < -0.3 is 10.1 Å². The van der Waals surface area contributed by atoms with Crippen LogP contribution in [0.5, 0.6) is 5.75 Å². The van der Waals surface area contributed by atoms with Gasteiger partial charge in [0.2, 0.25) is 0 Å². The molecule has 0 fully saturated rings. The largest absolute Gasteiger partial charge is 0.492 e. The first-order valence-corrected chi connectivity index (χ1v) is 6.54. The number of fused-ring (bicyclic) bond motifs is 2. The van der Waals surface area contributed by atoms with E-state index >= 15 is 0 Å². The quantitative estimate of drug-likeness (QED) is 0.822. The summed E-state index contributed by atoms with van der Waals surface area (Å²) in [6.07, 6.45) is 2.14. The lowest BCUT2D eigenvalue weighted by molar-refractivity contribution is 0.358. The monoisotopic (exact) mass is 237 g/mol. The van der Waals surface area contributed by atoms with E-state index in [4.69, 9.17) is 4.74 Å². The van der Waals surface area contributed by atoms with E-state index in [1.54, 1.807) is 0 Å². The lowest BCUT2D eigenvalue weighted by atomic mass is 9.95. The molecule has 0 radical (unpaired) electrons. The van der Waals surface area contributed by atoms with E-state index < -0.39 is 0 Å². The van der Waals surface area contributed by atoms with Crippen LogP contribution in [-0.4, -0.2) is 13.2 Å². The highest BCUT2D eigenvalue weighted by atomic mass is 16.5. The molecule has 1 N–H and O–H groups in total. The topological polar surface area (TPSA) is 21.3 Å². The Labute approximate surface area is 107 Å². The zero-order valence-electron chi connectivity index (χ0n) is 10.2. The van der Waals surface area contributed by atoms with Gasteiger partial charge in [0.05, 0.1) is 6.61 Å². The lowest BCUT2D eigenvalue weighted by Crippen LogP contribution is -1.91. The third kappa shape index (κ3) is 1.35. The number of anilines is 1. The first-order valence-electron chi connectivity index (χ1n) is 6.54. The van der Waals surface area contributed by atoms with Crippen molar-refractivity contribution in [2.75, 3.05) is 18.5 Å². The molecular weight excluding hydrogens is 222 g/mol. The van der Waals surface area contributed by atoms with Crippen LogP contribution in [0.1, 0.15) is 11.1 Å². The van der Waals surface area contributed by atoms with Crippen molar-refractivity contribution >= 4 is 5.69 Å². The van der Waals surface area contributed by atoms with Crippen LogP contribution in [-0.2, 0) is 12.8 Å². The average Bonchev–Trinajstić information content (AvgIpc) is 3.06. The minimum Gasteiger partial charge on any atom is -0.492 e. The third-order valence-electron chi connectivity index (χ3n) is 3.87. The maximum absolute atomic E-state index is 5.82. The number of ether oxygens (including phenoxy) is 1. The van der Waals surface area contributed by atoms with E-state index in [0.717, 1.165) is 31.7 Å². The van der Waals surface area contributed by atoms with Gasteiger partial charge in [-0.1, -0.05) is 30.3 Å². The molecule has 2 aliphatic rings. The van der Waals surface area contributed by atoms with Gasteiger partial charge in [-0.3, -0.25) is 0 Å². The molecule has 0 bridgehead atoms. The van der Waals surface area contributed by atoms with Gasteiger partial charge in [-0.25, -0.2) is 0 Å². The molecule has 4 rings (SSSR count). The van der Waals surface area contributed by atoms with Crippen LogP contribution in [0.2, 0.25) is 0 Å². The van der Waals surface area contributed by atoms with Gasteiger partial charge in [0.1, 0.15) is 5.75 Å². The molecule has 2 nitrogen and oxygen atoms in total. The van der Waals surface area contributed by atoms with Gasteiger partial charge >= 0.3 is 0 Å². The minimum atomic E-state index is 0.819. The molecule has 0 saturated carbocycles. The van der Waals surface area contributed by atoms with Crippen LogP contribution in [0.25, 0.3) is 11.1 Å². The average molecular weight is 237 g/mol. The Morgan fingerprint density at radius 1 is 0.944 bits per heavy atom. The molecule has 0 atom stereocenters. The molecule has 0 aromatic heterocycles. The predicted octanol–water partition coefficient (Wildman–Crippen LogP) is 3.26. The highest BCUT2D eigenvalue weighted by Crippen LogP contribution is 2.41. The molecule has 0 unspecified atom stereocenters. The zero-order chi connectivity index (χ0) is 11.9. The summed E-state index contributed by atoms with van der Waals surface area (Å²) in [5.74, 6) is 1.10. The Hall–Kier alpha value is -1.96. The smallest absolute Gasteiger partial charge is 0.130 e. The summed E-state index contributed by atoms with van der Waals surface area (Å²) in [6.45, 7) is 1.86. The normalized spacial score (nSPS) is 15.8. The molecule has 0 aliphatic carbocycles. The maximum atomic E-state index is 5.82. The second-order valence-corrected chi connectivity index (χ2v) is 4.90. The Morgan fingerprint density at radius 3 is 2.83 bits per heavy atom.